The van der Waals surface area contributed by atoms with Crippen molar-refractivity contribution in [2.45, 2.75) is 13.8 Å². The molecule has 14 aromatic rings. The van der Waals surface area contributed by atoms with Crippen LogP contribution in [0.15, 0.2) is 243 Å². The number of aromatic hydroxyl groups is 2. The number of imidazole rings is 2. The van der Waals surface area contributed by atoms with E-state index in [0.717, 1.165) is 122 Å². The van der Waals surface area contributed by atoms with E-state index >= 15 is 0 Å². The van der Waals surface area contributed by atoms with Crippen molar-refractivity contribution in [1.82, 2.24) is 28.2 Å². The third kappa shape index (κ3) is 10.1. The number of nitrogens with zero attached hydrogens (tertiary/aromatic N) is 6. The van der Waals surface area contributed by atoms with Crippen molar-refractivity contribution in [2.24, 2.45) is 14.1 Å². The topological polar surface area (TPSA) is 86.0 Å². The van der Waals surface area contributed by atoms with Gasteiger partial charge in [0.25, 0.3) is 0 Å². The van der Waals surface area contributed by atoms with E-state index in [-0.39, 0.29) is 37.3 Å². The van der Waals surface area contributed by atoms with E-state index < -0.39 is 0 Å². The Labute approximate surface area is 490 Å². The van der Waals surface area contributed by atoms with E-state index in [1.807, 2.05) is 145 Å². The molecule has 0 radical (unpaired) electrons. The maximum Gasteiger partial charge on any atom is 0.176 e. The normalized spacial score (nSPS) is 11.1. The molecule has 0 spiro atoms. The third-order valence-electron chi connectivity index (χ3n) is 14.7. The summed E-state index contributed by atoms with van der Waals surface area (Å²) in [5.74, 6) is 1.78. The predicted molar refractivity (Wildman–Crippen MR) is 330 cm³/mol. The average Bonchev–Trinajstić information content (AvgIpc) is 4.32. The van der Waals surface area contributed by atoms with Crippen molar-refractivity contribution in [3.63, 3.8) is 0 Å². The van der Waals surface area contributed by atoms with Crippen LogP contribution in [0.1, 0.15) is 22.3 Å². The Morgan fingerprint density at radius 3 is 0.938 bits per heavy atom. The predicted octanol–water partition coefficient (Wildman–Crippen LogP) is 17.4. The van der Waals surface area contributed by atoms with Crippen LogP contribution < -0.4 is 0 Å². The van der Waals surface area contributed by atoms with Crippen LogP contribution >= 0.6 is 0 Å². The van der Waals surface area contributed by atoms with Crippen molar-refractivity contribution >= 4 is 43.6 Å². The number of rotatable bonds is 7. The van der Waals surface area contributed by atoms with Crippen molar-refractivity contribution < 1.29 is 36.1 Å². The number of hydrogen-bond donors (Lipinski definition) is 2. The first-order chi connectivity index (χ1) is 39.0. The summed E-state index contributed by atoms with van der Waals surface area (Å²) in [4.78, 5) is 10.5. The Morgan fingerprint density at radius 1 is 0.346 bits per heavy atom. The van der Waals surface area contributed by atoms with Gasteiger partial charge in [0.05, 0.1) is 44.8 Å². The summed E-state index contributed by atoms with van der Waals surface area (Å²) in [5, 5.41) is 29.2. The summed E-state index contributed by atoms with van der Waals surface area (Å²) >= 11 is 0. The number of hydrogen-bond acceptors (Lipinski definition) is 4. The van der Waals surface area contributed by atoms with Gasteiger partial charge in [-0.1, -0.05) is 133 Å². The molecule has 4 heterocycles. The van der Waals surface area contributed by atoms with E-state index in [4.69, 9.17) is 9.97 Å². The molecule has 2 N–H and O–H groups in total. The quantitative estimate of drug-likeness (QED) is 0.123. The molecular weight excluding hydrogens is 1160 g/mol. The van der Waals surface area contributed by atoms with E-state index in [0.29, 0.717) is 11.6 Å². The van der Waals surface area contributed by atoms with E-state index in [9.17, 15) is 10.2 Å². The van der Waals surface area contributed by atoms with Gasteiger partial charge in [0.1, 0.15) is 11.5 Å². The Kier molecular flexibility index (Phi) is 14.9. The Balaban J connectivity index is 0.000000404. The molecule has 394 valence electrons. The first-order valence-corrected chi connectivity index (χ1v) is 26.7. The number of para-hydroxylation sites is 4. The molecule has 10 aromatic carbocycles. The molecule has 8 nitrogen and oxygen atoms in total. The van der Waals surface area contributed by atoms with E-state index in [1.54, 1.807) is 0 Å². The van der Waals surface area contributed by atoms with Gasteiger partial charge in [-0.15, -0.1) is 24.3 Å². The summed E-state index contributed by atoms with van der Waals surface area (Å²) < 4.78 is 8.35. The maximum absolute atomic E-state index is 12.3. The van der Waals surface area contributed by atoms with Crippen LogP contribution in [0.4, 0.5) is 0 Å². The molecule has 0 amide bonds. The summed E-state index contributed by atoms with van der Waals surface area (Å²) in [5.41, 5.74) is 16.3. The summed E-state index contributed by atoms with van der Waals surface area (Å²) in [7, 11) is 3.98. The van der Waals surface area contributed by atoms with Gasteiger partial charge in [-0.2, -0.15) is 49.2 Å². The van der Waals surface area contributed by atoms with Gasteiger partial charge in [-0.05, 0) is 84.6 Å². The van der Waals surface area contributed by atoms with E-state index in [2.05, 4.69) is 158 Å². The Morgan fingerprint density at radius 2 is 0.630 bits per heavy atom. The molecule has 4 aromatic heterocycles. The second-order valence-corrected chi connectivity index (χ2v) is 20.3. The zero-order valence-electron chi connectivity index (χ0n) is 45.6. The zero-order valence-corrected chi connectivity index (χ0v) is 49.2. The van der Waals surface area contributed by atoms with Crippen LogP contribution in [0.5, 0.6) is 11.5 Å². The van der Waals surface area contributed by atoms with Gasteiger partial charge in [0.15, 0.2) is 11.6 Å². The molecule has 0 bridgehead atoms. The minimum Gasteiger partial charge on any atom is -0.505 e. The molecule has 0 unspecified atom stereocenters. The van der Waals surface area contributed by atoms with Crippen molar-refractivity contribution in [1.29, 1.82) is 0 Å². The minimum absolute atomic E-state index is 0. The first-order valence-electron chi connectivity index (χ1n) is 26.7. The number of phenols is 2. The molecule has 81 heavy (non-hydrogen) atoms. The molecule has 0 aliphatic heterocycles. The van der Waals surface area contributed by atoms with Crippen LogP contribution in [0.3, 0.4) is 0 Å². The Bertz CT molecular complexity index is 4190. The molecule has 9 heteroatoms. The maximum atomic E-state index is 12.3. The molecule has 0 saturated carbocycles. The van der Waals surface area contributed by atoms with E-state index in [1.165, 1.54) is 0 Å². The molecule has 0 atom stereocenters. The van der Waals surface area contributed by atoms with Crippen LogP contribution in [0, 0.1) is 27.7 Å². The number of benzene rings is 10. The van der Waals surface area contributed by atoms with Crippen molar-refractivity contribution in [2.75, 3.05) is 0 Å². The van der Waals surface area contributed by atoms with Crippen molar-refractivity contribution in [3.05, 3.63) is 279 Å². The number of fused-ring (bicyclic) bond motifs is 6. The molecule has 0 aliphatic carbocycles. The van der Waals surface area contributed by atoms with Gasteiger partial charge in [0, 0.05) is 96.1 Å². The standard InChI is InChI=1S/C58H44N6O2.2C7H7.Hf/c1-35-29-45(55(65)53(31-35)63-49-25-13-9-21-41(49)42-22-10-14-26-50(42)63)37-17-5-7-19-39(37)47-33-61(3)57(59-47)58-60-48(34-62(58)4)40-20-8-6-18-38(40)46-30-36(2)32-54(56(46)66)64-51-27-15-11-23-43(51)44-24-12-16-28-52(44)64;2*1-7-5-3-2-4-6-7;/h5-34,65-66H,1-4H3;2*2-6H,1H2;/q;2*-1;. The number of aryl methyl sites for hydroxylation is 4. The molecule has 0 aliphatic rings. The van der Waals surface area contributed by atoms with Gasteiger partial charge in [-0.25, -0.2) is 9.97 Å². The zero-order chi connectivity index (χ0) is 55.0. The summed E-state index contributed by atoms with van der Waals surface area (Å²) in [6.07, 6.45) is 4.05. The summed E-state index contributed by atoms with van der Waals surface area (Å²) in [6.45, 7) is 11.6. The first kappa shape index (κ1) is 53.4. The summed E-state index contributed by atoms with van der Waals surface area (Å²) in [6, 6.07) is 77.6. The molecular formula is C72H58HfN6O2-2. The van der Waals surface area contributed by atoms with Crippen LogP contribution in [-0.2, 0) is 39.9 Å². The third-order valence-corrected chi connectivity index (χ3v) is 14.7. The fourth-order valence-electron chi connectivity index (χ4n) is 11.1. The van der Waals surface area contributed by atoms with Crippen LogP contribution in [0.2, 0.25) is 0 Å². The smallest absolute Gasteiger partial charge is 0.176 e. The van der Waals surface area contributed by atoms with Crippen LogP contribution in [0.25, 0.3) is 111 Å². The average molecular weight is 1220 g/mol. The fourth-order valence-corrected chi connectivity index (χ4v) is 11.1. The van der Waals surface area contributed by atoms with Crippen LogP contribution in [-0.4, -0.2) is 38.4 Å². The fraction of sp³-hybridized carbons (Fsp3) is 0.0556. The van der Waals surface area contributed by atoms with Gasteiger partial charge >= 0.3 is 0 Å². The Hall–Kier alpha value is -9.57. The SMILES string of the molecule is Cc1cc(-c2ccccc2-c2cn(C)c(-c3nc(-c4ccccc4-c4cc(C)cc(-n5c6ccccc6c6ccccc65)c4O)cn3C)n2)c(O)c(-n2c3ccccc3c3ccccc32)c1.[CH2-]c1ccccc1.[CH2-]c1ccccc1.[Hf]. The minimum atomic E-state index is 0. The van der Waals surface area contributed by atoms with Gasteiger partial charge in [0.2, 0.25) is 0 Å². The largest absolute Gasteiger partial charge is 0.505 e. The monoisotopic (exact) mass is 1220 g/mol. The van der Waals surface area contributed by atoms with Crippen molar-refractivity contribution in [3.8, 4) is 79.3 Å². The molecule has 0 fully saturated rings. The van der Waals surface area contributed by atoms with Gasteiger partial charge < -0.3 is 28.5 Å². The second-order valence-electron chi connectivity index (χ2n) is 20.3. The number of phenolic OH excluding ortho intramolecular Hbond substituents is 2. The molecule has 0 saturated heterocycles. The van der Waals surface area contributed by atoms with Gasteiger partial charge in [-0.3, -0.25) is 0 Å². The number of aromatic nitrogens is 6. The second kappa shape index (κ2) is 22.7. The molecule has 14 rings (SSSR count).